The van der Waals surface area contributed by atoms with Crippen molar-refractivity contribution in [1.82, 2.24) is 0 Å². The molecule has 1 atom stereocenters. The van der Waals surface area contributed by atoms with Crippen LogP contribution < -0.4 is 0 Å². The first-order valence-electron chi connectivity index (χ1n) is 6.27. The first-order valence-corrected chi connectivity index (χ1v) is 7.37. The summed E-state index contributed by atoms with van der Waals surface area (Å²) < 4.78 is 16.1. The van der Waals surface area contributed by atoms with Crippen molar-refractivity contribution >= 4 is 17.6 Å². The lowest BCUT2D eigenvalue weighted by atomic mass is 9.84. The number of hydrogen-bond acceptors (Lipinski definition) is 2. The van der Waals surface area contributed by atoms with Crippen molar-refractivity contribution in [2.24, 2.45) is 16.2 Å². The molecular formula is C14H19NOS. The van der Waals surface area contributed by atoms with E-state index in [4.69, 9.17) is 0 Å². The minimum absolute atomic E-state index is 0.527. The largest absolute Gasteiger partial charge is 0.586 e. The fraction of sp³-hybridized carbons (Fsp3) is 0.500. The Balaban J connectivity index is 1.88. The van der Waals surface area contributed by atoms with E-state index < -0.39 is 11.4 Å². The Hall–Kier alpha value is -0.800. The van der Waals surface area contributed by atoms with Crippen LogP contribution in [0.1, 0.15) is 32.6 Å². The molecule has 0 radical (unpaired) electrons. The molecule has 1 aromatic carbocycles. The number of hydrogen-bond donors (Lipinski definition) is 0. The summed E-state index contributed by atoms with van der Waals surface area (Å²) in [4.78, 5) is 0.785. The Labute approximate surface area is 106 Å². The van der Waals surface area contributed by atoms with Crippen LogP contribution >= 0.6 is 0 Å². The summed E-state index contributed by atoms with van der Waals surface area (Å²) >= 11 is -1.22. The van der Waals surface area contributed by atoms with E-state index in [9.17, 15) is 4.55 Å². The molecule has 0 N–H and O–H groups in total. The second-order valence-electron chi connectivity index (χ2n) is 4.84. The van der Waals surface area contributed by atoms with Crippen LogP contribution in [0.4, 0.5) is 0 Å². The highest BCUT2D eigenvalue weighted by Gasteiger charge is 2.18. The van der Waals surface area contributed by atoms with E-state index in [1.165, 1.54) is 25.7 Å². The summed E-state index contributed by atoms with van der Waals surface area (Å²) in [6.07, 6.45) is 6.84. The summed E-state index contributed by atoms with van der Waals surface area (Å²) in [6, 6.07) is 9.43. The van der Waals surface area contributed by atoms with Crippen LogP contribution in [0.3, 0.4) is 0 Å². The van der Waals surface area contributed by atoms with Gasteiger partial charge in [0, 0.05) is 0 Å². The highest BCUT2D eigenvalue weighted by molar-refractivity contribution is 7.90. The second kappa shape index (κ2) is 6.22. The predicted molar refractivity (Wildman–Crippen MR) is 72.5 cm³/mol. The quantitative estimate of drug-likeness (QED) is 0.595. The predicted octanol–water partition coefficient (Wildman–Crippen LogP) is 3.61. The van der Waals surface area contributed by atoms with Gasteiger partial charge in [-0.15, -0.1) is 0 Å². The van der Waals surface area contributed by atoms with Gasteiger partial charge in [0.15, 0.2) is 4.90 Å². The van der Waals surface area contributed by atoms with Gasteiger partial charge in [-0.1, -0.05) is 42.4 Å². The van der Waals surface area contributed by atoms with Crippen LogP contribution in [0.15, 0.2) is 39.6 Å². The summed E-state index contributed by atoms with van der Waals surface area (Å²) in [7, 11) is 0. The molecule has 1 aliphatic rings. The molecule has 92 valence electrons. The molecule has 3 heteroatoms. The van der Waals surface area contributed by atoms with Gasteiger partial charge in [0.25, 0.3) is 0 Å². The van der Waals surface area contributed by atoms with Crippen molar-refractivity contribution in [3.8, 4) is 0 Å². The Kier molecular flexibility index (Phi) is 4.63. The molecule has 1 unspecified atom stereocenters. The topological polar surface area (TPSA) is 35.4 Å². The van der Waals surface area contributed by atoms with E-state index in [1.807, 2.05) is 36.5 Å². The Morgan fingerprint density at radius 3 is 2.47 bits per heavy atom. The number of benzene rings is 1. The Bertz CT molecular complexity index is 358. The van der Waals surface area contributed by atoms with Gasteiger partial charge in [0.2, 0.25) is 0 Å². The third-order valence-electron chi connectivity index (χ3n) is 3.37. The lowest BCUT2D eigenvalue weighted by Gasteiger charge is -2.22. The lowest BCUT2D eigenvalue weighted by molar-refractivity contribution is 0.347. The maximum atomic E-state index is 11.9. The van der Waals surface area contributed by atoms with Gasteiger partial charge in [0.05, 0.1) is 6.21 Å². The maximum absolute atomic E-state index is 11.9. The lowest BCUT2D eigenvalue weighted by Crippen LogP contribution is -2.14. The molecule has 17 heavy (non-hydrogen) atoms. The fourth-order valence-corrected chi connectivity index (χ4v) is 2.97. The Morgan fingerprint density at radius 2 is 1.82 bits per heavy atom. The smallest absolute Gasteiger partial charge is 0.182 e. The first kappa shape index (κ1) is 12.7. The van der Waals surface area contributed by atoms with Gasteiger partial charge in [-0.25, -0.2) is 0 Å². The molecule has 0 spiro atoms. The van der Waals surface area contributed by atoms with Gasteiger partial charge >= 0.3 is 0 Å². The molecule has 1 aliphatic carbocycles. The average molecular weight is 249 g/mol. The zero-order valence-corrected chi connectivity index (χ0v) is 11.0. The molecule has 0 saturated heterocycles. The van der Waals surface area contributed by atoms with Crippen molar-refractivity contribution in [3.63, 3.8) is 0 Å². The van der Waals surface area contributed by atoms with Crippen LogP contribution in [0.5, 0.6) is 0 Å². The van der Waals surface area contributed by atoms with E-state index in [0.29, 0.717) is 5.92 Å². The van der Waals surface area contributed by atoms with E-state index in [0.717, 1.165) is 10.8 Å². The molecule has 1 aromatic rings. The highest BCUT2D eigenvalue weighted by atomic mass is 32.2. The molecular weight excluding hydrogens is 230 g/mol. The summed E-state index contributed by atoms with van der Waals surface area (Å²) in [5.41, 5.74) is 0. The van der Waals surface area contributed by atoms with Crippen LogP contribution in [0, 0.1) is 11.8 Å². The molecule has 1 fully saturated rings. The molecule has 0 heterocycles. The van der Waals surface area contributed by atoms with Crippen molar-refractivity contribution in [1.29, 1.82) is 0 Å². The van der Waals surface area contributed by atoms with Crippen LogP contribution in [0.25, 0.3) is 0 Å². The average Bonchev–Trinajstić information content (AvgIpc) is 2.39. The molecule has 0 aliphatic heterocycles. The van der Waals surface area contributed by atoms with Gasteiger partial charge in [0.1, 0.15) is 11.4 Å². The highest BCUT2D eigenvalue weighted by Crippen LogP contribution is 2.27. The fourth-order valence-electron chi connectivity index (χ4n) is 2.17. The molecule has 2 rings (SSSR count). The zero-order chi connectivity index (χ0) is 12.1. The molecule has 1 saturated carbocycles. The maximum Gasteiger partial charge on any atom is 0.182 e. The van der Waals surface area contributed by atoms with Crippen LogP contribution in [-0.2, 0) is 11.4 Å². The summed E-state index contributed by atoms with van der Waals surface area (Å²) in [5, 5.41) is 0. The molecule has 0 bridgehead atoms. The monoisotopic (exact) mass is 249 g/mol. The normalized spacial score (nSPS) is 27.2. The van der Waals surface area contributed by atoms with E-state index >= 15 is 0 Å². The Morgan fingerprint density at radius 1 is 1.18 bits per heavy atom. The third-order valence-corrected chi connectivity index (χ3v) is 4.36. The number of rotatable bonds is 3. The van der Waals surface area contributed by atoms with Gasteiger partial charge in [-0.2, -0.15) is 0 Å². The van der Waals surface area contributed by atoms with Crippen molar-refractivity contribution < 1.29 is 4.55 Å². The van der Waals surface area contributed by atoms with Gasteiger partial charge in [-0.3, -0.25) is 0 Å². The number of nitrogens with zero attached hydrogens (tertiary/aromatic N) is 1. The molecule has 0 aromatic heterocycles. The van der Waals surface area contributed by atoms with Gasteiger partial charge in [-0.05, 0) is 36.8 Å². The van der Waals surface area contributed by atoms with Gasteiger partial charge < -0.3 is 4.55 Å². The molecule has 0 amide bonds. The third kappa shape index (κ3) is 3.86. The van der Waals surface area contributed by atoms with Crippen molar-refractivity contribution in [3.05, 3.63) is 30.3 Å². The molecule has 2 nitrogen and oxygen atoms in total. The van der Waals surface area contributed by atoms with E-state index in [1.54, 1.807) is 0 Å². The summed E-state index contributed by atoms with van der Waals surface area (Å²) in [5.74, 6) is 1.37. The second-order valence-corrected chi connectivity index (χ2v) is 6.02. The van der Waals surface area contributed by atoms with Crippen molar-refractivity contribution in [2.75, 3.05) is 0 Å². The minimum atomic E-state index is -1.22. The van der Waals surface area contributed by atoms with Crippen molar-refractivity contribution in [2.45, 2.75) is 37.5 Å². The SMILES string of the molecule is CC1CCC(C=N[S+]([O-])c2ccccc2)CC1. The minimum Gasteiger partial charge on any atom is -0.586 e. The standard InChI is InChI=1S/C14H19NOS/c1-12-7-9-13(10-8-12)11-15-17(16)14-5-3-2-4-6-14/h2-6,11-13H,7-10H2,1H3. The van der Waals surface area contributed by atoms with E-state index in [-0.39, 0.29) is 0 Å². The van der Waals surface area contributed by atoms with Crippen LogP contribution in [0.2, 0.25) is 0 Å². The van der Waals surface area contributed by atoms with Crippen LogP contribution in [-0.4, -0.2) is 10.8 Å². The zero-order valence-electron chi connectivity index (χ0n) is 10.2. The van der Waals surface area contributed by atoms with E-state index in [2.05, 4.69) is 11.3 Å². The summed E-state index contributed by atoms with van der Waals surface area (Å²) in [6.45, 7) is 2.30. The first-order chi connectivity index (χ1) is 8.25.